The van der Waals surface area contributed by atoms with Gasteiger partial charge in [-0.05, 0) is 32.2 Å². The summed E-state index contributed by atoms with van der Waals surface area (Å²) in [5.41, 5.74) is 5.40. The van der Waals surface area contributed by atoms with Gasteiger partial charge < -0.3 is 15.4 Å². The number of ether oxygens (including phenoxy) is 1. The van der Waals surface area contributed by atoms with Gasteiger partial charge in [0.15, 0.2) is 0 Å². The number of nitrogens with zero attached hydrogens (tertiary/aromatic N) is 1. The van der Waals surface area contributed by atoms with Gasteiger partial charge in [-0.1, -0.05) is 0 Å². The molecule has 15 heavy (non-hydrogen) atoms. The van der Waals surface area contributed by atoms with Crippen LogP contribution in [0, 0.1) is 0 Å². The molecule has 0 saturated carbocycles. The van der Waals surface area contributed by atoms with Crippen molar-refractivity contribution in [2.24, 2.45) is 5.73 Å². The second kappa shape index (κ2) is 4.94. The van der Waals surface area contributed by atoms with E-state index in [0.717, 1.165) is 38.8 Å². The molecule has 2 heterocycles. The molecule has 0 radical (unpaired) electrons. The summed E-state index contributed by atoms with van der Waals surface area (Å²) in [4.78, 5) is 13.8. The lowest BCUT2D eigenvalue weighted by Gasteiger charge is -2.32. The highest BCUT2D eigenvalue weighted by Gasteiger charge is 2.35. The van der Waals surface area contributed by atoms with Crippen LogP contribution < -0.4 is 5.73 Å². The zero-order valence-corrected chi connectivity index (χ0v) is 9.15. The molecule has 2 saturated heterocycles. The number of nitrogens with two attached hydrogens (primary N) is 1. The van der Waals surface area contributed by atoms with E-state index in [9.17, 15) is 4.79 Å². The monoisotopic (exact) mass is 212 g/mol. The highest BCUT2D eigenvalue weighted by Crippen LogP contribution is 2.26. The van der Waals surface area contributed by atoms with E-state index >= 15 is 0 Å². The fourth-order valence-electron chi connectivity index (χ4n) is 2.40. The standard InChI is InChI=1S/C11H20N2O2/c12-6-2-1-3-11(14)13-7-9-4-5-10(8-13)15-9/h9-10H,1-8,12H2. The molecule has 2 rings (SSSR count). The summed E-state index contributed by atoms with van der Waals surface area (Å²) in [6.45, 7) is 2.29. The van der Waals surface area contributed by atoms with Gasteiger partial charge in [-0.2, -0.15) is 0 Å². The number of unbranched alkanes of at least 4 members (excludes halogenated alkanes) is 1. The molecule has 2 aliphatic heterocycles. The van der Waals surface area contributed by atoms with Crippen LogP contribution in [0.3, 0.4) is 0 Å². The molecule has 4 nitrogen and oxygen atoms in total. The molecule has 2 bridgehead atoms. The minimum Gasteiger partial charge on any atom is -0.371 e. The molecule has 2 unspecified atom stereocenters. The first-order valence-corrected chi connectivity index (χ1v) is 5.93. The van der Waals surface area contributed by atoms with Crippen LogP contribution in [0.25, 0.3) is 0 Å². The van der Waals surface area contributed by atoms with Crippen molar-refractivity contribution in [3.63, 3.8) is 0 Å². The average Bonchev–Trinajstić information content (AvgIpc) is 2.58. The smallest absolute Gasteiger partial charge is 0.222 e. The van der Waals surface area contributed by atoms with Crippen molar-refractivity contribution in [2.45, 2.75) is 44.3 Å². The van der Waals surface area contributed by atoms with Gasteiger partial charge in [0.25, 0.3) is 0 Å². The van der Waals surface area contributed by atoms with Crippen molar-refractivity contribution in [2.75, 3.05) is 19.6 Å². The van der Waals surface area contributed by atoms with Crippen LogP contribution in [0.2, 0.25) is 0 Å². The Morgan fingerprint density at radius 2 is 1.93 bits per heavy atom. The fraction of sp³-hybridized carbons (Fsp3) is 0.909. The highest BCUT2D eigenvalue weighted by atomic mass is 16.5. The van der Waals surface area contributed by atoms with Gasteiger partial charge in [0, 0.05) is 19.5 Å². The van der Waals surface area contributed by atoms with Crippen LogP contribution in [0.4, 0.5) is 0 Å². The molecule has 86 valence electrons. The fourth-order valence-corrected chi connectivity index (χ4v) is 2.40. The molecular formula is C11H20N2O2. The predicted octanol–water partition coefficient (Wildman–Crippen LogP) is 0.505. The second-order valence-corrected chi connectivity index (χ2v) is 4.50. The molecular weight excluding hydrogens is 192 g/mol. The lowest BCUT2D eigenvalue weighted by Crippen LogP contribution is -2.45. The molecule has 1 amide bonds. The van der Waals surface area contributed by atoms with E-state index in [1.165, 1.54) is 0 Å². The van der Waals surface area contributed by atoms with E-state index in [-0.39, 0.29) is 5.91 Å². The van der Waals surface area contributed by atoms with Gasteiger partial charge in [-0.15, -0.1) is 0 Å². The highest BCUT2D eigenvalue weighted by molar-refractivity contribution is 5.76. The number of morpholine rings is 1. The molecule has 2 atom stereocenters. The Kier molecular flexibility index (Phi) is 3.59. The van der Waals surface area contributed by atoms with Crippen molar-refractivity contribution in [3.05, 3.63) is 0 Å². The number of carbonyl (C=O) groups excluding carboxylic acids is 1. The largest absolute Gasteiger partial charge is 0.371 e. The van der Waals surface area contributed by atoms with Gasteiger partial charge in [0.1, 0.15) is 0 Å². The molecule has 2 aliphatic rings. The number of carbonyl (C=O) groups is 1. The summed E-state index contributed by atoms with van der Waals surface area (Å²) in [6, 6.07) is 0. The number of amides is 1. The molecule has 0 aliphatic carbocycles. The van der Waals surface area contributed by atoms with Crippen molar-refractivity contribution < 1.29 is 9.53 Å². The van der Waals surface area contributed by atoms with Crippen LogP contribution in [-0.4, -0.2) is 42.6 Å². The normalized spacial score (nSPS) is 29.5. The Morgan fingerprint density at radius 3 is 2.53 bits per heavy atom. The van der Waals surface area contributed by atoms with Gasteiger partial charge in [0.2, 0.25) is 5.91 Å². The van der Waals surface area contributed by atoms with Crippen LogP contribution in [0.15, 0.2) is 0 Å². The summed E-state index contributed by atoms with van der Waals surface area (Å²) in [5, 5.41) is 0. The summed E-state index contributed by atoms with van der Waals surface area (Å²) in [5.74, 6) is 0.281. The topological polar surface area (TPSA) is 55.6 Å². The average molecular weight is 212 g/mol. The summed E-state index contributed by atoms with van der Waals surface area (Å²) in [6.07, 6.45) is 5.38. The van der Waals surface area contributed by atoms with E-state index in [4.69, 9.17) is 10.5 Å². The molecule has 2 N–H and O–H groups in total. The summed E-state index contributed by atoms with van der Waals surface area (Å²) in [7, 11) is 0. The van der Waals surface area contributed by atoms with Crippen molar-refractivity contribution >= 4 is 5.91 Å². The molecule has 2 fully saturated rings. The minimum absolute atomic E-state index is 0.281. The van der Waals surface area contributed by atoms with Gasteiger partial charge in [0.05, 0.1) is 12.2 Å². The molecule has 0 aromatic heterocycles. The maximum Gasteiger partial charge on any atom is 0.222 e. The zero-order valence-electron chi connectivity index (χ0n) is 9.15. The molecule has 0 aromatic carbocycles. The lowest BCUT2D eigenvalue weighted by atomic mass is 10.2. The van der Waals surface area contributed by atoms with Crippen LogP contribution in [0.1, 0.15) is 32.1 Å². The second-order valence-electron chi connectivity index (χ2n) is 4.50. The zero-order chi connectivity index (χ0) is 10.7. The number of rotatable bonds is 4. The third kappa shape index (κ3) is 2.69. The Labute approximate surface area is 90.8 Å². The Balaban J connectivity index is 1.76. The third-order valence-corrected chi connectivity index (χ3v) is 3.24. The first kappa shape index (κ1) is 10.9. The molecule has 0 aromatic rings. The number of hydrogen-bond donors (Lipinski definition) is 1. The Hall–Kier alpha value is -0.610. The van der Waals surface area contributed by atoms with E-state index in [1.54, 1.807) is 0 Å². The first-order valence-electron chi connectivity index (χ1n) is 5.93. The van der Waals surface area contributed by atoms with E-state index < -0.39 is 0 Å². The number of likely N-dealkylation sites (tertiary alicyclic amines) is 1. The Bertz CT molecular complexity index is 221. The Morgan fingerprint density at radius 1 is 1.27 bits per heavy atom. The van der Waals surface area contributed by atoms with E-state index in [2.05, 4.69) is 0 Å². The van der Waals surface area contributed by atoms with Crippen LogP contribution >= 0.6 is 0 Å². The van der Waals surface area contributed by atoms with E-state index in [0.29, 0.717) is 25.2 Å². The summed E-state index contributed by atoms with van der Waals surface area (Å²) >= 11 is 0. The van der Waals surface area contributed by atoms with Crippen LogP contribution in [-0.2, 0) is 9.53 Å². The van der Waals surface area contributed by atoms with Crippen LogP contribution in [0.5, 0.6) is 0 Å². The quantitative estimate of drug-likeness (QED) is 0.691. The minimum atomic E-state index is 0.281. The molecule has 0 spiro atoms. The van der Waals surface area contributed by atoms with Crippen molar-refractivity contribution in [1.82, 2.24) is 4.90 Å². The van der Waals surface area contributed by atoms with Gasteiger partial charge >= 0.3 is 0 Å². The molecule has 4 heteroatoms. The van der Waals surface area contributed by atoms with Gasteiger partial charge in [-0.25, -0.2) is 0 Å². The SMILES string of the molecule is NCCCCC(=O)N1CC2CCC(C1)O2. The first-order chi connectivity index (χ1) is 7.29. The van der Waals surface area contributed by atoms with Crippen molar-refractivity contribution in [3.8, 4) is 0 Å². The summed E-state index contributed by atoms with van der Waals surface area (Å²) < 4.78 is 5.69. The number of hydrogen-bond acceptors (Lipinski definition) is 3. The van der Waals surface area contributed by atoms with Gasteiger partial charge in [-0.3, -0.25) is 4.79 Å². The van der Waals surface area contributed by atoms with Crippen molar-refractivity contribution in [1.29, 1.82) is 0 Å². The van der Waals surface area contributed by atoms with E-state index in [1.807, 2.05) is 4.90 Å². The number of fused-ring (bicyclic) bond motifs is 2. The lowest BCUT2D eigenvalue weighted by molar-refractivity contribution is -0.139. The maximum absolute atomic E-state index is 11.8. The maximum atomic E-state index is 11.8. The third-order valence-electron chi connectivity index (χ3n) is 3.24. The predicted molar refractivity (Wildman–Crippen MR) is 57.4 cm³/mol.